The Labute approximate surface area is 183 Å². The molecular weight excluding hydrogens is 475 g/mol. The second-order valence-electron chi connectivity index (χ2n) is 6.21. The molecule has 0 saturated carbocycles. The van der Waals surface area contributed by atoms with E-state index in [1.54, 1.807) is 12.1 Å². The monoisotopic (exact) mass is 488 g/mol. The lowest BCUT2D eigenvalue weighted by atomic mass is 10.1. The van der Waals surface area contributed by atoms with Crippen molar-refractivity contribution < 1.29 is 9.18 Å². The van der Waals surface area contributed by atoms with Crippen LogP contribution in [0.15, 0.2) is 58.3 Å². The second-order valence-corrected chi connectivity index (χ2v) is 8.81. The zero-order chi connectivity index (χ0) is 20.4. The van der Waals surface area contributed by atoms with E-state index in [9.17, 15) is 9.18 Å². The molecular formula is C20H14BrFN4OS2. The number of fused-ring (bicyclic) bond motifs is 1. The molecule has 0 fully saturated rings. The van der Waals surface area contributed by atoms with Crippen molar-refractivity contribution in [2.24, 2.45) is 0 Å². The zero-order valence-corrected chi connectivity index (χ0v) is 18.4. The maximum Gasteiger partial charge on any atom is 0.234 e. The third-order valence-electron chi connectivity index (χ3n) is 4.08. The lowest BCUT2D eigenvalue weighted by Gasteiger charge is -2.08. The summed E-state index contributed by atoms with van der Waals surface area (Å²) in [6.07, 6.45) is 1.46. The van der Waals surface area contributed by atoms with Crippen LogP contribution in [0.2, 0.25) is 0 Å². The van der Waals surface area contributed by atoms with Gasteiger partial charge >= 0.3 is 0 Å². The average molecular weight is 489 g/mol. The van der Waals surface area contributed by atoms with Gasteiger partial charge in [0.2, 0.25) is 5.91 Å². The van der Waals surface area contributed by atoms with Gasteiger partial charge in [0.25, 0.3) is 0 Å². The summed E-state index contributed by atoms with van der Waals surface area (Å²) in [6.45, 7) is 1.99. The quantitative estimate of drug-likeness (QED) is 0.288. The Hall–Kier alpha value is -2.36. The van der Waals surface area contributed by atoms with Gasteiger partial charge in [0, 0.05) is 10.0 Å². The van der Waals surface area contributed by atoms with Gasteiger partial charge in [-0.15, -0.1) is 0 Å². The molecule has 0 spiro atoms. The van der Waals surface area contributed by atoms with E-state index in [2.05, 4.69) is 35.6 Å². The predicted molar refractivity (Wildman–Crippen MR) is 119 cm³/mol. The summed E-state index contributed by atoms with van der Waals surface area (Å²) in [7, 11) is 0. The van der Waals surface area contributed by atoms with Crippen LogP contribution in [0.1, 0.15) is 5.56 Å². The van der Waals surface area contributed by atoms with Gasteiger partial charge in [-0.25, -0.2) is 14.4 Å². The van der Waals surface area contributed by atoms with Crippen LogP contribution in [-0.4, -0.2) is 26.0 Å². The lowest BCUT2D eigenvalue weighted by molar-refractivity contribution is -0.113. The summed E-state index contributed by atoms with van der Waals surface area (Å²) in [4.78, 5) is 21.0. The fourth-order valence-corrected chi connectivity index (χ4v) is 5.00. The zero-order valence-electron chi connectivity index (χ0n) is 15.1. The number of benzene rings is 2. The first-order chi connectivity index (χ1) is 14.0. The maximum absolute atomic E-state index is 13.2. The molecule has 1 N–H and O–H groups in total. The van der Waals surface area contributed by atoms with E-state index in [1.165, 1.54) is 41.8 Å². The predicted octanol–water partition coefficient (Wildman–Crippen LogP) is 5.69. The van der Waals surface area contributed by atoms with Crippen LogP contribution in [0.4, 0.5) is 10.1 Å². The highest BCUT2D eigenvalue weighted by molar-refractivity contribution is 9.10. The van der Waals surface area contributed by atoms with Crippen LogP contribution in [0, 0.1) is 12.7 Å². The number of carbonyl (C=O) groups excluding carboxylic acids is 1. The minimum absolute atomic E-state index is 0.130. The topological polar surface area (TPSA) is 67.8 Å². The summed E-state index contributed by atoms with van der Waals surface area (Å²) in [5, 5.41) is 3.59. The first-order valence-corrected chi connectivity index (χ1v) is 11.1. The van der Waals surface area contributed by atoms with E-state index in [0.717, 1.165) is 26.0 Å². The van der Waals surface area contributed by atoms with Crippen molar-refractivity contribution >= 4 is 61.0 Å². The van der Waals surface area contributed by atoms with Crippen LogP contribution in [0.25, 0.3) is 21.5 Å². The molecule has 9 heteroatoms. The molecule has 0 atom stereocenters. The van der Waals surface area contributed by atoms with E-state index in [1.807, 2.05) is 25.1 Å². The van der Waals surface area contributed by atoms with Crippen LogP contribution in [-0.2, 0) is 4.79 Å². The normalized spacial score (nSPS) is 11.0. The number of amides is 1. The fraction of sp³-hybridized carbons (Fsp3) is 0.100. The Morgan fingerprint density at radius 1 is 1.21 bits per heavy atom. The number of carbonyl (C=O) groups is 1. The molecule has 0 radical (unpaired) electrons. The first kappa shape index (κ1) is 19.9. The van der Waals surface area contributed by atoms with Crippen molar-refractivity contribution in [1.82, 2.24) is 14.3 Å². The minimum atomic E-state index is -0.301. The number of hydrogen-bond acceptors (Lipinski definition) is 6. The Balaban J connectivity index is 1.51. The summed E-state index contributed by atoms with van der Waals surface area (Å²) in [6, 6.07) is 11.9. The molecule has 5 nitrogen and oxygen atoms in total. The molecule has 2 aromatic carbocycles. The van der Waals surface area contributed by atoms with Crippen LogP contribution in [0.5, 0.6) is 0 Å². The van der Waals surface area contributed by atoms with Crippen molar-refractivity contribution in [2.75, 3.05) is 11.1 Å². The number of aromatic nitrogens is 3. The van der Waals surface area contributed by atoms with E-state index in [4.69, 9.17) is 0 Å². The van der Waals surface area contributed by atoms with Gasteiger partial charge in [-0.1, -0.05) is 17.8 Å². The summed E-state index contributed by atoms with van der Waals surface area (Å²) in [5.74, 6) is -0.226. The summed E-state index contributed by atoms with van der Waals surface area (Å²) < 4.78 is 19.3. The van der Waals surface area contributed by atoms with Crippen molar-refractivity contribution in [1.29, 1.82) is 0 Å². The molecule has 2 heterocycles. The van der Waals surface area contributed by atoms with Crippen molar-refractivity contribution in [3.05, 3.63) is 64.6 Å². The number of thioether (sulfide) groups is 1. The number of nitrogens with zero attached hydrogens (tertiary/aromatic N) is 3. The molecule has 146 valence electrons. The molecule has 0 aliphatic rings. The third kappa shape index (κ3) is 4.47. The number of rotatable bonds is 5. The van der Waals surface area contributed by atoms with Crippen LogP contribution >= 0.6 is 39.2 Å². The highest BCUT2D eigenvalue weighted by Gasteiger charge is 2.16. The van der Waals surface area contributed by atoms with Crippen molar-refractivity contribution in [3.8, 4) is 11.3 Å². The molecule has 29 heavy (non-hydrogen) atoms. The molecule has 1 amide bonds. The molecule has 0 aliphatic carbocycles. The minimum Gasteiger partial charge on any atom is -0.324 e. The average Bonchev–Trinajstić information content (AvgIpc) is 3.14. The number of hydrogen-bond donors (Lipinski definition) is 1. The Morgan fingerprint density at radius 2 is 2.00 bits per heavy atom. The standard InChI is InChI=1S/C20H14BrFN4OS2/c1-11-2-7-15(14(21)8-11)25-16(27)9-28-20-19-18(23-10-24-20)17(26-29-19)12-3-5-13(22)6-4-12/h2-8,10H,9H2,1H3,(H,25,27). The molecule has 0 saturated heterocycles. The van der Waals surface area contributed by atoms with Crippen LogP contribution < -0.4 is 5.32 Å². The summed E-state index contributed by atoms with van der Waals surface area (Å²) in [5.41, 5.74) is 4.00. The van der Waals surface area contributed by atoms with Gasteiger partial charge in [0.15, 0.2) is 0 Å². The first-order valence-electron chi connectivity index (χ1n) is 8.56. The number of aryl methyl sites for hydroxylation is 1. The Kier molecular flexibility index (Phi) is 5.89. The highest BCUT2D eigenvalue weighted by Crippen LogP contribution is 2.34. The summed E-state index contributed by atoms with van der Waals surface area (Å²) >= 11 is 6.06. The molecule has 0 bridgehead atoms. The lowest BCUT2D eigenvalue weighted by Crippen LogP contribution is -2.14. The van der Waals surface area contributed by atoms with Gasteiger partial charge in [-0.3, -0.25) is 4.79 Å². The van der Waals surface area contributed by atoms with Gasteiger partial charge < -0.3 is 5.32 Å². The molecule has 4 aromatic rings. The Bertz CT molecular complexity index is 1200. The van der Waals surface area contributed by atoms with Crippen molar-refractivity contribution in [2.45, 2.75) is 11.9 Å². The van der Waals surface area contributed by atoms with Gasteiger partial charge in [0.1, 0.15) is 33.1 Å². The molecule has 4 rings (SSSR count). The molecule has 0 aliphatic heterocycles. The maximum atomic E-state index is 13.2. The van der Waals surface area contributed by atoms with E-state index >= 15 is 0 Å². The fourth-order valence-electron chi connectivity index (χ4n) is 2.68. The number of anilines is 1. The SMILES string of the molecule is Cc1ccc(NC(=O)CSc2ncnc3c(-c4ccc(F)cc4)nsc23)c(Br)c1. The number of nitrogens with one attached hydrogen (secondary N) is 1. The van der Waals surface area contributed by atoms with Gasteiger partial charge in [0.05, 0.1) is 11.4 Å². The second kappa shape index (κ2) is 8.56. The molecule has 0 unspecified atom stereocenters. The van der Waals surface area contributed by atoms with E-state index in [-0.39, 0.29) is 17.5 Å². The van der Waals surface area contributed by atoms with E-state index in [0.29, 0.717) is 16.2 Å². The van der Waals surface area contributed by atoms with Gasteiger partial charge in [-0.05, 0) is 76.3 Å². The molecule has 2 aromatic heterocycles. The third-order valence-corrected chi connectivity index (χ3v) is 6.70. The van der Waals surface area contributed by atoms with Crippen molar-refractivity contribution in [3.63, 3.8) is 0 Å². The smallest absolute Gasteiger partial charge is 0.234 e. The highest BCUT2D eigenvalue weighted by atomic mass is 79.9. The Morgan fingerprint density at radius 3 is 2.76 bits per heavy atom. The van der Waals surface area contributed by atoms with Gasteiger partial charge in [-0.2, -0.15) is 4.37 Å². The van der Waals surface area contributed by atoms with Crippen LogP contribution in [0.3, 0.4) is 0 Å². The van der Waals surface area contributed by atoms with E-state index < -0.39 is 0 Å². The largest absolute Gasteiger partial charge is 0.324 e. The number of halogens is 2.